The number of hydrogen-bond donors (Lipinski definition) is 0. The minimum absolute atomic E-state index is 0.854. The van der Waals surface area contributed by atoms with Gasteiger partial charge in [0, 0.05) is 5.71 Å². The van der Waals surface area contributed by atoms with Crippen LogP contribution >= 0.6 is 11.6 Å². The van der Waals surface area contributed by atoms with Crippen molar-refractivity contribution in [3.05, 3.63) is 34.5 Å². The first kappa shape index (κ1) is 10.7. The van der Waals surface area contributed by atoms with Crippen molar-refractivity contribution < 1.29 is 0 Å². The molecule has 0 saturated heterocycles. The highest BCUT2D eigenvalue weighted by Gasteiger charge is 2.11. The Kier molecular flexibility index (Phi) is 3.42. The quantitative estimate of drug-likeness (QED) is 0.624. The van der Waals surface area contributed by atoms with Crippen molar-refractivity contribution in [2.24, 2.45) is 4.99 Å². The van der Waals surface area contributed by atoms with Crippen LogP contribution in [0.1, 0.15) is 39.0 Å². The molecule has 0 spiro atoms. The number of nitrogens with zero attached hydrogens (tertiary/aromatic N) is 1. The van der Waals surface area contributed by atoms with E-state index >= 15 is 0 Å². The smallest absolute Gasteiger partial charge is 0.0778 e. The maximum Gasteiger partial charge on any atom is 0.0778 e. The van der Waals surface area contributed by atoms with E-state index in [-0.39, 0.29) is 0 Å². The molecule has 0 bridgehead atoms. The van der Waals surface area contributed by atoms with Crippen molar-refractivity contribution in [2.75, 3.05) is 0 Å². The van der Waals surface area contributed by atoms with E-state index < -0.39 is 0 Å². The van der Waals surface area contributed by atoms with Crippen LogP contribution in [-0.2, 0) is 0 Å². The predicted octanol–water partition coefficient (Wildman–Crippen LogP) is 4.36. The van der Waals surface area contributed by atoms with Crippen LogP contribution < -0.4 is 0 Å². The first-order valence-electron chi connectivity index (χ1n) is 5.57. The lowest BCUT2D eigenvalue weighted by Crippen LogP contribution is -2.01. The van der Waals surface area contributed by atoms with Crippen molar-refractivity contribution in [2.45, 2.75) is 39.0 Å². The Morgan fingerprint density at radius 1 is 1.27 bits per heavy atom. The topological polar surface area (TPSA) is 12.4 Å². The molecule has 0 saturated carbocycles. The molecule has 0 aromatic rings. The van der Waals surface area contributed by atoms with Crippen molar-refractivity contribution in [3.8, 4) is 0 Å². The van der Waals surface area contributed by atoms with Gasteiger partial charge in [-0.1, -0.05) is 29.3 Å². The van der Waals surface area contributed by atoms with E-state index in [1.807, 2.05) is 0 Å². The third kappa shape index (κ3) is 2.60. The largest absolute Gasteiger partial charge is 0.252 e. The van der Waals surface area contributed by atoms with Crippen LogP contribution in [0.25, 0.3) is 0 Å². The third-order valence-corrected chi connectivity index (χ3v) is 3.35. The number of aliphatic imine (C=N–C) groups is 1. The second-order valence-corrected chi connectivity index (χ2v) is 4.50. The Hall–Kier alpha value is -0.820. The van der Waals surface area contributed by atoms with Gasteiger partial charge in [-0.2, -0.15) is 0 Å². The molecule has 0 aromatic heterocycles. The molecule has 15 heavy (non-hydrogen) atoms. The molecule has 0 N–H and O–H groups in total. The Labute approximate surface area is 96.2 Å². The van der Waals surface area contributed by atoms with E-state index in [2.05, 4.69) is 30.1 Å². The summed E-state index contributed by atoms with van der Waals surface area (Å²) in [4.78, 5) is 4.63. The van der Waals surface area contributed by atoms with Gasteiger partial charge >= 0.3 is 0 Å². The normalized spacial score (nSPS) is 24.7. The van der Waals surface area contributed by atoms with Crippen LogP contribution in [0, 0.1) is 0 Å². The molecule has 0 aliphatic heterocycles. The Balaban J connectivity index is 2.21. The molecule has 0 atom stereocenters. The maximum absolute atomic E-state index is 6.23. The first-order chi connectivity index (χ1) is 7.27. The zero-order valence-corrected chi connectivity index (χ0v) is 9.85. The van der Waals surface area contributed by atoms with Crippen LogP contribution in [0.3, 0.4) is 0 Å². The monoisotopic (exact) mass is 221 g/mol. The van der Waals surface area contributed by atoms with Gasteiger partial charge in [-0.25, -0.2) is 0 Å². The van der Waals surface area contributed by atoms with Gasteiger partial charge in [0.15, 0.2) is 0 Å². The van der Waals surface area contributed by atoms with E-state index in [0.29, 0.717) is 0 Å². The second kappa shape index (κ2) is 4.80. The van der Waals surface area contributed by atoms with Crippen LogP contribution in [-0.4, -0.2) is 5.71 Å². The summed E-state index contributed by atoms with van der Waals surface area (Å²) in [6, 6.07) is 0. The SMILES string of the molecule is CC1=C(Cl)C(N=C2C=CCCC2)=CCC1. The maximum atomic E-state index is 6.23. The molecule has 0 radical (unpaired) electrons. The predicted molar refractivity (Wildman–Crippen MR) is 66.3 cm³/mol. The van der Waals surface area contributed by atoms with Gasteiger partial charge in [0.2, 0.25) is 0 Å². The average molecular weight is 222 g/mol. The molecule has 2 rings (SSSR count). The summed E-state index contributed by atoms with van der Waals surface area (Å²) in [6.07, 6.45) is 12.1. The van der Waals surface area contributed by atoms with Crippen molar-refractivity contribution in [1.29, 1.82) is 0 Å². The van der Waals surface area contributed by atoms with Crippen molar-refractivity contribution >= 4 is 17.3 Å². The summed E-state index contributed by atoms with van der Waals surface area (Å²) in [6.45, 7) is 2.09. The molecular weight excluding hydrogens is 206 g/mol. The van der Waals surface area contributed by atoms with Crippen molar-refractivity contribution in [1.82, 2.24) is 0 Å². The van der Waals surface area contributed by atoms with Crippen LogP contribution in [0.2, 0.25) is 0 Å². The highest BCUT2D eigenvalue weighted by Crippen LogP contribution is 2.29. The lowest BCUT2D eigenvalue weighted by atomic mass is 10.0. The van der Waals surface area contributed by atoms with Gasteiger partial charge in [-0.3, -0.25) is 4.99 Å². The van der Waals surface area contributed by atoms with Gasteiger partial charge < -0.3 is 0 Å². The minimum Gasteiger partial charge on any atom is -0.252 e. The average Bonchev–Trinajstić information content (AvgIpc) is 2.26. The number of hydrogen-bond acceptors (Lipinski definition) is 1. The zero-order valence-electron chi connectivity index (χ0n) is 9.09. The molecule has 0 fully saturated rings. The summed E-state index contributed by atoms with van der Waals surface area (Å²) in [7, 11) is 0. The molecule has 2 aliphatic carbocycles. The molecule has 0 unspecified atom stereocenters. The Bertz CT molecular complexity index is 372. The van der Waals surface area contributed by atoms with E-state index in [1.54, 1.807) is 0 Å². The highest BCUT2D eigenvalue weighted by molar-refractivity contribution is 6.32. The number of rotatable bonds is 1. The summed E-state index contributed by atoms with van der Waals surface area (Å²) in [5, 5.41) is 0.854. The lowest BCUT2D eigenvalue weighted by molar-refractivity contribution is 0.875. The van der Waals surface area contributed by atoms with E-state index in [9.17, 15) is 0 Å². The summed E-state index contributed by atoms with van der Waals surface area (Å²) in [5.74, 6) is 0. The van der Waals surface area contributed by atoms with E-state index in [0.717, 1.165) is 30.0 Å². The van der Waals surface area contributed by atoms with Crippen LogP contribution in [0.4, 0.5) is 0 Å². The van der Waals surface area contributed by atoms with Gasteiger partial charge in [0.05, 0.1) is 10.7 Å². The highest BCUT2D eigenvalue weighted by atomic mass is 35.5. The number of allylic oxidation sites excluding steroid dienone is 5. The summed E-state index contributed by atoms with van der Waals surface area (Å²) < 4.78 is 0. The lowest BCUT2D eigenvalue weighted by Gasteiger charge is -2.13. The molecule has 1 nitrogen and oxygen atoms in total. The van der Waals surface area contributed by atoms with Gasteiger partial charge in [0.1, 0.15) is 0 Å². The Morgan fingerprint density at radius 3 is 2.87 bits per heavy atom. The van der Waals surface area contributed by atoms with Gasteiger partial charge in [-0.15, -0.1) is 0 Å². The van der Waals surface area contributed by atoms with Gasteiger partial charge in [0.25, 0.3) is 0 Å². The fourth-order valence-electron chi connectivity index (χ4n) is 1.89. The zero-order chi connectivity index (χ0) is 10.7. The molecular formula is C13H16ClN. The van der Waals surface area contributed by atoms with E-state index in [1.165, 1.54) is 24.1 Å². The summed E-state index contributed by atoms with van der Waals surface area (Å²) >= 11 is 6.23. The van der Waals surface area contributed by atoms with E-state index in [4.69, 9.17) is 11.6 Å². The Morgan fingerprint density at radius 2 is 2.13 bits per heavy atom. The van der Waals surface area contributed by atoms with Gasteiger partial charge in [-0.05, 0) is 45.1 Å². The third-order valence-electron chi connectivity index (χ3n) is 2.83. The minimum atomic E-state index is 0.854. The standard InChI is InChI=1S/C13H16ClN/c1-10-6-5-9-12(13(10)14)15-11-7-3-2-4-8-11/h3,7,9H,2,4-6,8H2,1H3. The van der Waals surface area contributed by atoms with Crippen LogP contribution in [0.15, 0.2) is 39.5 Å². The first-order valence-corrected chi connectivity index (χ1v) is 5.95. The fourth-order valence-corrected chi connectivity index (χ4v) is 2.10. The van der Waals surface area contributed by atoms with Crippen LogP contribution in [0.5, 0.6) is 0 Å². The molecule has 80 valence electrons. The molecule has 2 heteroatoms. The van der Waals surface area contributed by atoms with Crippen molar-refractivity contribution in [3.63, 3.8) is 0 Å². The fraction of sp³-hybridized carbons (Fsp3) is 0.462. The second-order valence-electron chi connectivity index (χ2n) is 4.12. The molecule has 2 aliphatic rings. The number of halogens is 1. The molecule has 0 amide bonds. The molecule has 0 heterocycles. The summed E-state index contributed by atoms with van der Waals surface area (Å²) in [5.41, 5.74) is 3.40. The molecule has 0 aromatic carbocycles.